The van der Waals surface area contributed by atoms with E-state index in [2.05, 4.69) is 5.32 Å². The van der Waals surface area contributed by atoms with E-state index < -0.39 is 17.8 Å². The summed E-state index contributed by atoms with van der Waals surface area (Å²) in [6.45, 7) is 2.41. The first-order chi connectivity index (χ1) is 9.91. The number of para-hydroxylation sites is 1. The molecule has 1 heterocycles. The molecule has 1 aromatic rings. The lowest BCUT2D eigenvalue weighted by Crippen LogP contribution is -2.43. The van der Waals surface area contributed by atoms with E-state index in [9.17, 15) is 14.0 Å². The number of carboxylic acids is 1. The van der Waals surface area contributed by atoms with Gasteiger partial charge in [0.1, 0.15) is 5.82 Å². The Hall–Kier alpha value is -2.15. The summed E-state index contributed by atoms with van der Waals surface area (Å²) in [5, 5.41) is 11.4. The Balaban J connectivity index is 2.18. The van der Waals surface area contributed by atoms with Crippen LogP contribution >= 0.6 is 0 Å². The molecule has 1 saturated heterocycles. The maximum absolute atomic E-state index is 13.8. The van der Waals surface area contributed by atoms with Gasteiger partial charge in [-0.15, -0.1) is 0 Å². The Kier molecular flexibility index (Phi) is 4.42. The zero-order valence-electron chi connectivity index (χ0n) is 11.8. The minimum absolute atomic E-state index is 0.111. The van der Waals surface area contributed by atoms with Gasteiger partial charge in [-0.05, 0) is 25.5 Å². The maximum atomic E-state index is 13.8. The van der Waals surface area contributed by atoms with Crippen LogP contribution in [0.3, 0.4) is 0 Å². The molecule has 0 bridgehead atoms. The van der Waals surface area contributed by atoms with E-state index in [0.717, 1.165) is 6.07 Å². The normalized spacial score (nSPS) is 21.1. The average Bonchev–Trinajstić information content (AvgIpc) is 2.86. The monoisotopic (exact) mass is 296 g/mol. The highest BCUT2D eigenvalue weighted by atomic mass is 19.1. The van der Waals surface area contributed by atoms with Gasteiger partial charge in [0, 0.05) is 13.7 Å². The van der Waals surface area contributed by atoms with Gasteiger partial charge in [-0.2, -0.15) is 0 Å². The zero-order valence-corrected chi connectivity index (χ0v) is 11.8. The topological polar surface area (TPSA) is 78.9 Å². The summed E-state index contributed by atoms with van der Waals surface area (Å²) in [5.74, 6) is -2.09. The Bertz CT molecular complexity index is 564. The molecule has 2 atom stereocenters. The SMILES string of the molecule is CC1OCCC1N(C)C(=O)Nc1c(F)cccc1C(=O)O. The summed E-state index contributed by atoms with van der Waals surface area (Å²) < 4.78 is 19.1. The van der Waals surface area contributed by atoms with Crippen LogP contribution in [0.2, 0.25) is 0 Å². The number of urea groups is 1. The fourth-order valence-corrected chi connectivity index (χ4v) is 2.40. The Morgan fingerprint density at radius 2 is 2.19 bits per heavy atom. The number of nitrogens with zero attached hydrogens (tertiary/aromatic N) is 1. The van der Waals surface area contributed by atoms with Gasteiger partial charge in [0.25, 0.3) is 0 Å². The predicted molar refractivity (Wildman–Crippen MR) is 74.0 cm³/mol. The average molecular weight is 296 g/mol. The summed E-state index contributed by atoms with van der Waals surface area (Å²) in [6, 6.07) is 2.94. The second-order valence-electron chi connectivity index (χ2n) is 4.94. The molecule has 2 unspecified atom stereocenters. The number of likely N-dealkylation sites (N-methyl/N-ethyl adjacent to an activating group) is 1. The molecule has 2 N–H and O–H groups in total. The minimum Gasteiger partial charge on any atom is -0.478 e. The largest absolute Gasteiger partial charge is 0.478 e. The molecule has 114 valence electrons. The Morgan fingerprint density at radius 1 is 1.48 bits per heavy atom. The molecular formula is C14H17FN2O4. The fraction of sp³-hybridized carbons (Fsp3) is 0.429. The lowest BCUT2D eigenvalue weighted by Gasteiger charge is -2.27. The van der Waals surface area contributed by atoms with E-state index >= 15 is 0 Å². The number of ether oxygens (including phenoxy) is 1. The number of rotatable bonds is 3. The van der Waals surface area contributed by atoms with Crippen LogP contribution in [0, 0.1) is 5.82 Å². The third kappa shape index (κ3) is 3.13. The van der Waals surface area contributed by atoms with Crippen LogP contribution in [-0.4, -0.2) is 47.8 Å². The first-order valence-electron chi connectivity index (χ1n) is 6.59. The van der Waals surface area contributed by atoms with Crippen LogP contribution in [0.1, 0.15) is 23.7 Å². The molecule has 2 rings (SSSR count). The van der Waals surface area contributed by atoms with E-state index in [1.807, 2.05) is 6.92 Å². The second kappa shape index (κ2) is 6.09. The number of nitrogens with one attached hydrogen (secondary N) is 1. The number of hydrogen-bond acceptors (Lipinski definition) is 3. The van der Waals surface area contributed by atoms with Crippen LogP contribution in [-0.2, 0) is 4.74 Å². The van der Waals surface area contributed by atoms with Crippen molar-refractivity contribution in [2.75, 3.05) is 19.0 Å². The van der Waals surface area contributed by atoms with Crippen molar-refractivity contribution >= 4 is 17.7 Å². The summed E-state index contributed by atoms with van der Waals surface area (Å²) in [7, 11) is 1.58. The van der Waals surface area contributed by atoms with Crippen molar-refractivity contribution in [3.05, 3.63) is 29.6 Å². The summed E-state index contributed by atoms with van der Waals surface area (Å²) in [4.78, 5) is 24.7. The van der Waals surface area contributed by atoms with Crippen LogP contribution in [0.15, 0.2) is 18.2 Å². The van der Waals surface area contributed by atoms with Crippen LogP contribution in [0.4, 0.5) is 14.9 Å². The Labute approximate surface area is 121 Å². The van der Waals surface area contributed by atoms with Crippen molar-refractivity contribution in [2.24, 2.45) is 0 Å². The van der Waals surface area contributed by atoms with Gasteiger partial charge >= 0.3 is 12.0 Å². The first-order valence-corrected chi connectivity index (χ1v) is 6.59. The molecule has 0 saturated carbocycles. The van der Waals surface area contributed by atoms with E-state index in [1.165, 1.54) is 17.0 Å². The molecule has 1 aliphatic rings. The minimum atomic E-state index is -1.30. The maximum Gasteiger partial charge on any atom is 0.337 e. The number of carbonyl (C=O) groups is 2. The number of aromatic carboxylic acids is 1. The van der Waals surface area contributed by atoms with Gasteiger partial charge in [-0.1, -0.05) is 6.07 Å². The van der Waals surface area contributed by atoms with Crippen LogP contribution in [0.5, 0.6) is 0 Å². The van der Waals surface area contributed by atoms with E-state index in [4.69, 9.17) is 9.84 Å². The van der Waals surface area contributed by atoms with E-state index in [0.29, 0.717) is 13.0 Å². The quantitative estimate of drug-likeness (QED) is 0.896. The van der Waals surface area contributed by atoms with Crippen LogP contribution < -0.4 is 5.32 Å². The molecular weight excluding hydrogens is 279 g/mol. The highest BCUT2D eigenvalue weighted by Crippen LogP contribution is 2.23. The molecule has 7 heteroatoms. The highest BCUT2D eigenvalue weighted by Gasteiger charge is 2.31. The Morgan fingerprint density at radius 3 is 2.76 bits per heavy atom. The van der Waals surface area contributed by atoms with Crippen molar-refractivity contribution in [1.29, 1.82) is 0 Å². The number of halogens is 1. The zero-order chi connectivity index (χ0) is 15.6. The molecule has 21 heavy (non-hydrogen) atoms. The molecule has 0 aliphatic carbocycles. The smallest absolute Gasteiger partial charge is 0.337 e. The number of carboxylic acid groups (broad SMARTS) is 1. The van der Waals surface area contributed by atoms with Crippen molar-refractivity contribution in [2.45, 2.75) is 25.5 Å². The van der Waals surface area contributed by atoms with Crippen molar-refractivity contribution in [3.8, 4) is 0 Å². The molecule has 0 spiro atoms. The lowest BCUT2D eigenvalue weighted by atomic mass is 10.1. The van der Waals surface area contributed by atoms with Gasteiger partial charge in [0.15, 0.2) is 0 Å². The first kappa shape index (κ1) is 15.2. The predicted octanol–water partition coefficient (Wildman–Crippen LogP) is 2.17. The van der Waals surface area contributed by atoms with Crippen molar-refractivity contribution in [1.82, 2.24) is 4.90 Å². The van der Waals surface area contributed by atoms with Gasteiger partial charge in [-0.3, -0.25) is 0 Å². The van der Waals surface area contributed by atoms with Crippen LogP contribution in [0.25, 0.3) is 0 Å². The molecule has 1 aliphatic heterocycles. The number of hydrogen-bond donors (Lipinski definition) is 2. The van der Waals surface area contributed by atoms with Crippen molar-refractivity contribution < 1.29 is 23.8 Å². The summed E-state index contributed by atoms with van der Waals surface area (Å²) in [5.41, 5.74) is -0.610. The highest BCUT2D eigenvalue weighted by molar-refractivity contribution is 6.00. The van der Waals surface area contributed by atoms with Gasteiger partial charge < -0.3 is 20.1 Å². The molecule has 6 nitrogen and oxygen atoms in total. The van der Waals surface area contributed by atoms with E-state index in [1.54, 1.807) is 7.05 Å². The number of carbonyl (C=O) groups excluding carboxylic acids is 1. The van der Waals surface area contributed by atoms with Gasteiger partial charge in [0.05, 0.1) is 23.4 Å². The third-order valence-corrected chi connectivity index (χ3v) is 3.63. The fourth-order valence-electron chi connectivity index (χ4n) is 2.40. The molecule has 1 fully saturated rings. The van der Waals surface area contributed by atoms with Gasteiger partial charge in [-0.25, -0.2) is 14.0 Å². The lowest BCUT2D eigenvalue weighted by molar-refractivity contribution is 0.0697. The number of amides is 2. The van der Waals surface area contributed by atoms with Gasteiger partial charge in [0.2, 0.25) is 0 Å². The van der Waals surface area contributed by atoms with Crippen molar-refractivity contribution in [3.63, 3.8) is 0 Å². The molecule has 2 amide bonds. The number of benzene rings is 1. The molecule has 0 radical (unpaired) electrons. The van der Waals surface area contributed by atoms with E-state index in [-0.39, 0.29) is 23.4 Å². The number of anilines is 1. The molecule has 0 aromatic heterocycles. The third-order valence-electron chi connectivity index (χ3n) is 3.63. The summed E-state index contributed by atoms with van der Waals surface area (Å²) >= 11 is 0. The summed E-state index contributed by atoms with van der Waals surface area (Å²) in [6.07, 6.45) is 0.578. The molecule has 1 aromatic carbocycles. The second-order valence-corrected chi connectivity index (χ2v) is 4.94. The standard InChI is InChI=1S/C14H17FN2O4/c1-8-11(6-7-21-8)17(2)14(20)16-12-9(13(18)19)4-3-5-10(12)15/h3-5,8,11H,6-7H2,1-2H3,(H,16,20)(H,18,19).